The average Bonchev–Trinajstić information content (AvgIpc) is 2.39. The summed E-state index contributed by atoms with van der Waals surface area (Å²) in [5, 5.41) is 19.4. The minimum absolute atomic E-state index is 0.181. The van der Waals surface area contributed by atoms with Crippen LogP contribution in [0.2, 0.25) is 0 Å². The van der Waals surface area contributed by atoms with Crippen molar-refractivity contribution in [2.24, 2.45) is 0 Å². The Labute approximate surface area is 99.9 Å². The molecule has 0 saturated carbocycles. The summed E-state index contributed by atoms with van der Waals surface area (Å²) in [6, 6.07) is 13.8. The number of rotatable bonds is 3. The summed E-state index contributed by atoms with van der Waals surface area (Å²) >= 11 is 0. The molecule has 88 valence electrons. The molecule has 1 unspecified atom stereocenters. The van der Waals surface area contributed by atoms with Crippen molar-refractivity contribution in [3.8, 4) is 11.5 Å². The van der Waals surface area contributed by atoms with Crippen molar-refractivity contribution in [1.29, 1.82) is 0 Å². The SMILES string of the molecule is COc1ccccc1C(O)c1ccc(O)cc1. The highest BCUT2D eigenvalue weighted by Gasteiger charge is 2.14. The zero-order valence-corrected chi connectivity index (χ0v) is 9.50. The summed E-state index contributed by atoms with van der Waals surface area (Å²) in [5.41, 5.74) is 1.42. The monoisotopic (exact) mass is 230 g/mol. The molecule has 2 N–H and O–H groups in total. The second-order valence-electron chi connectivity index (χ2n) is 3.74. The Morgan fingerprint density at radius 1 is 1.00 bits per heavy atom. The van der Waals surface area contributed by atoms with Gasteiger partial charge in [0.25, 0.3) is 0 Å². The van der Waals surface area contributed by atoms with Gasteiger partial charge in [-0.2, -0.15) is 0 Å². The van der Waals surface area contributed by atoms with E-state index in [1.54, 1.807) is 37.4 Å². The molecule has 0 bridgehead atoms. The third kappa shape index (κ3) is 2.40. The van der Waals surface area contributed by atoms with Crippen LogP contribution in [0.4, 0.5) is 0 Å². The summed E-state index contributed by atoms with van der Waals surface area (Å²) < 4.78 is 5.20. The van der Waals surface area contributed by atoms with Crippen LogP contribution in [0.15, 0.2) is 48.5 Å². The largest absolute Gasteiger partial charge is 0.508 e. The summed E-state index contributed by atoms with van der Waals surface area (Å²) in [5.74, 6) is 0.828. The zero-order valence-electron chi connectivity index (χ0n) is 9.50. The van der Waals surface area contributed by atoms with E-state index in [2.05, 4.69) is 0 Å². The van der Waals surface area contributed by atoms with Crippen molar-refractivity contribution >= 4 is 0 Å². The predicted molar refractivity (Wildman–Crippen MR) is 65.2 cm³/mol. The molecule has 3 nitrogen and oxygen atoms in total. The first-order chi connectivity index (χ1) is 8.22. The van der Waals surface area contributed by atoms with Gasteiger partial charge in [-0.3, -0.25) is 0 Å². The van der Waals surface area contributed by atoms with Gasteiger partial charge in [0.2, 0.25) is 0 Å². The van der Waals surface area contributed by atoms with Gasteiger partial charge in [-0.05, 0) is 23.8 Å². The number of methoxy groups -OCH3 is 1. The molecule has 0 aliphatic rings. The highest BCUT2D eigenvalue weighted by Crippen LogP contribution is 2.30. The fourth-order valence-electron chi connectivity index (χ4n) is 1.73. The number of para-hydroxylation sites is 1. The van der Waals surface area contributed by atoms with Gasteiger partial charge in [-0.25, -0.2) is 0 Å². The van der Waals surface area contributed by atoms with E-state index in [9.17, 15) is 10.2 Å². The molecule has 0 spiro atoms. The fourth-order valence-corrected chi connectivity index (χ4v) is 1.73. The van der Waals surface area contributed by atoms with E-state index in [1.165, 1.54) is 0 Å². The number of aromatic hydroxyl groups is 1. The second-order valence-corrected chi connectivity index (χ2v) is 3.74. The van der Waals surface area contributed by atoms with Crippen LogP contribution in [0.3, 0.4) is 0 Å². The number of aliphatic hydroxyl groups is 1. The lowest BCUT2D eigenvalue weighted by atomic mass is 10.0. The molecule has 0 heterocycles. The molecule has 0 aromatic heterocycles. The van der Waals surface area contributed by atoms with Gasteiger partial charge in [0, 0.05) is 5.56 Å². The van der Waals surface area contributed by atoms with Crippen molar-refractivity contribution in [2.45, 2.75) is 6.10 Å². The Morgan fingerprint density at radius 3 is 2.29 bits per heavy atom. The third-order valence-electron chi connectivity index (χ3n) is 2.64. The first-order valence-corrected chi connectivity index (χ1v) is 5.32. The Kier molecular flexibility index (Phi) is 3.30. The first kappa shape index (κ1) is 11.5. The summed E-state index contributed by atoms with van der Waals surface area (Å²) in [7, 11) is 1.57. The van der Waals surface area contributed by atoms with Crippen LogP contribution in [0.25, 0.3) is 0 Å². The highest BCUT2D eigenvalue weighted by atomic mass is 16.5. The van der Waals surface area contributed by atoms with Crippen molar-refractivity contribution < 1.29 is 14.9 Å². The quantitative estimate of drug-likeness (QED) is 0.851. The van der Waals surface area contributed by atoms with E-state index < -0.39 is 6.10 Å². The summed E-state index contributed by atoms with van der Waals surface area (Å²) in [6.45, 7) is 0. The van der Waals surface area contributed by atoms with Crippen LogP contribution in [0, 0.1) is 0 Å². The number of hydrogen-bond donors (Lipinski definition) is 2. The maximum absolute atomic E-state index is 10.2. The Bertz CT molecular complexity index is 491. The topological polar surface area (TPSA) is 49.7 Å². The second kappa shape index (κ2) is 4.89. The van der Waals surface area contributed by atoms with Gasteiger partial charge in [-0.15, -0.1) is 0 Å². The lowest BCUT2D eigenvalue weighted by Gasteiger charge is -2.14. The molecule has 1 atom stereocenters. The minimum Gasteiger partial charge on any atom is -0.508 e. The number of benzene rings is 2. The van der Waals surface area contributed by atoms with Crippen molar-refractivity contribution in [3.63, 3.8) is 0 Å². The van der Waals surface area contributed by atoms with Crippen molar-refractivity contribution in [3.05, 3.63) is 59.7 Å². The summed E-state index contributed by atoms with van der Waals surface area (Å²) in [4.78, 5) is 0. The summed E-state index contributed by atoms with van der Waals surface area (Å²) in [6.07, 6.45) is -0.758. The van der Waals surface area contributed by atoms with Gasteiger partial charge < -0.3 is 14.9 Å². The molecular weight excluding hydrogens is 216 g/mol. The molecule has 3 heteroatoms. The fraction of sp³-hybridized carbons (Fsp3) is 0.143. The van der Waals surface area contributed by atoms with Crippen LogP contribution in [0.5, 0.6) is 11.5 Å². The van der Waals surface area contributed by atoms with E-state index >= 15 is 0 Å². The van der Waals surface area contributed by atoms with Crippen molar-refractivity contribution in [1.82, 2.24) is 0 Å². The van der Waals surface area contributed by atoms with E-state index in [0.717, 1.165) is 0 Å². The Morgan fingerprint density at radius 2 is 1.65 bits per heavy atom. The molecule has 2 rings (SSSR count). The Hall–Kier alpha value is -2.00. The maximum Gasteiger partial charge on any atom is 0.125 e. The normalized spacial score (nSPS) is 12.1. The molecule has 0 radical (unpaired) electrons. The number of hydrogen-bond acceptors (Lipinski definition) is 3. The highest BCUT2D eigenvalue weighted by molar-refractivity contribution is 5.41. The lowest BCUT2D eigenvalue weighted by Crippen LogP contribution is -2.01. The van der Waals surface area contributed by atoms with E-state index in [-0.39, 0.29) is 5.75 Å². The van der Waals surface area contributed by atoms with Gasteiger partial charge in [0.15, 0.2) is 0 Å². The van der Waals surface area contributed by atoms with Gasteiger partial charge in [-0.1, -0.05) is 30.3 Å². The Balaban J connectivity index is 2.36. The average molecular weight is 230 g/mol. The first-order valence-electron chi connectivity index (χ1n) is 5.32. The zero-order chi connectivity index (χ0) is 12.3. The number of phenols is 1. The molecule has 2 aromatic rings. The molecule has 0 aliphatic carbocycles. The predicted octanol–water partition coefficient (Wildman–Crippen LogP) is 2.48. The number of aliphatic hydroxyl groups excluding tert-OH is 1. The lowest BCUT2D eigenvalue weighted by molar-refractivity contribution is 0.214. The molecule has 17 heavy (non-hydrogen) atoms. The van der Waals surface area contributed by atoms with Crippen LogP contribution in [0.1, 0.15) is 17.2 Å². The van der Waals surface area contributed by atoms with Crippen molar-refractivity contribution in [2.75, 3.05) is 7.11 Å². The van der Waals surface area contributed by atoms with E-state index in [4.69, 9.17) is 4.74 Å². The number of phenolic OH excluding ortho intramolecular Hbond substituents is 1. The van der Waals surface area contributed by atoms with Crippen LogP contribution >= 0.6 is 0 Å². The van der Waals surface area contributed by atoms with Gasteiger partial charge in [0.05, 0.1) is 7.11 Å². The smallest absolute Gasteiger partial charge is 0.125 e. The van der Waals surface area contributed by atoms with Crippen LogP contribution in [-0.2, 0) is 0 Å². The van der Waals surface area contributed by atoms with E-state index in [0.29, 0.717) is 16.9 Å². The number of ether oxygens (including phenoxy) is 1. The molecular formula is C14H14O3. The maximum atomic E-state index is 10.2. The van der Waals surface area contributed by atoms with Crippen LogP contribution < -0.4 is 4.74 Å². The molecule has 2 aromatic carbocycles. The molecule has 0 fully saturated rings. The van der Waals surface area contributed by atoms with Gasteiger partial charge in [0.1, 0.15) is 17.6 Å². The molecule has 0 saturated heterocycles. The minimum atomic E-state index is -0.758. The standard InChI is InChI=1S/C14H14O3/c1-17-13-5-3-2-4-12(13)14(16)10-6-8-11(15)9-7-10/h2-9,14-16H,1H3. The van der Waals surface area contributed by atoms with Gasteiger partial charge >= 0.3 is 0 Å². The van der Waals surface area contributed by atoms with E-state index in [1.807, 2.05) is 18.2 Å². The third-order valence-corrected chi connectivity index (χ3v) is 2.64. The molecule has 0 aliphatic heterocycles. The van der Waals surface area contributed by atoms with Crippen LogP contribution in [-0.4, -0.2) is 17.3 Å². The molecule has 0 amide bonds.